The Labute approximate surface area is 105 Å². The normalized spacial score (nSPS) is 23.6. The van der Waals surface area contributed by atoms with Gasteiger partial charge in [-0.15, -0.1) is 10.2 Å². The average molecular weight is 327 g/mol. The number of carbonyl (C=O) groups is 1. The van der Waals surface area contributed by atoms with Crippen molar-refractivity contribution in [1.82, 2.24) is 4.72 Å². The number of rotatable bonds is 2. The van der Waals surface area contributed by atoms with Crippen molar-refractivity contribution in [3.8, 4) is 0 Å². The maximum Gasteiger partial charge on any atom is 0.453 e. The van der Waals surface area contributed by atoms with Crippen LogP contribution >= 0.6 is 0 Å². The van der Waals surface area contributed by atoms with Gasteiger partial charge >= 0.3 is 23.4 Å². The van der Waals surface area contributed by atoms with E-state index in [9.17, 15) is 39.6 Å². The lowest BCUT2D eigenvalue weighted by molar-refractivity contribution is -0.158. The zero-order valence-corrected chi connectivity index (χ0v) is 9.64. The number of amidine groups is 1. The molecule has 1 unspecified atom stereocenters. The van der Waals surface area contributed by atoms with Crippen LogP contribution in [0.15, 0.2) is 15.2 Å². The molecule has 0 saturated heterocycles. The summed E-state index contributed by atoms with van der Waals surface area (Å²) in [7, 11) is -5.87. The Balaban J connectivity index is 3.50. The van der Waals surface area contributed by atoms with Gasteiger partial charge in [-0.05, 0) is 0 Å². The summed E-state index contributed by atoms with van der Waals surface area (Å²) in [6.07, 6.45) is -11.4. The number of nitrogens with two attached hydrogens (primary N) is 1. The number of amides is 2. The molecule has 0 bridgehead atoms. The van der Waals surface area contributed by atoms with Crippen molar-refractivity contribution in [2.75, 3.05) is 0 Å². The SMILES string of the molecule is NC(=O)NS(=O)(=O)C1(C(F)(F)F)N=NC(C(F)(F)F)=N1. The smallest absolute Gasteiger partial charge is 0.351 e. The maximum absolute atomic E-state index is 12.7. The Morgan fingerprint density at radius 3 is 2.00 bits per heavy atom. The number of hydrogen-bond acceptors (Lipinski definition) is 6. The summed E-state index contributed by atoms with van der Waals surface area (Å²) in [5.74, 6) is -2.41. The van der Waals surface area contributed by atoms with Crippen LogP contribution < -0.4 is 10.5 Å². The van der Waals surface area contributed by atoms with Crippen molar-refractivity contribution in [2.45, 2.75) is 17.3 Å². The predicted molar refractivity (Wildman–Crippen MR) is 48.8 cm³/mol. The molecule has 1 atom stereocenters. The molecule has 8 nitrogen and oxygen atoms in total. The van der Waals surface area contributed by atoms with Crippen molar-refractivity contribution in [1.29, 1.82) is 0 Å². The van der Waals surface area contributed by atoms with Crippen LogP contribution in [0.3, 0.4) is 0 Å². The highest BCUT2D eigenvalue weighted by Gasteiger charge is 2.69. The van der Waals surface area contributed by atoms with E-state index in [0.717, 1.165) is 0 Å². The van der Waals surface area contributed by atoms with Crippen LogP contribution in [0.1, 0.15) is 0 Å². The van der Waals surface area contributed by atoms with Gasteiger partial charge in [0, 0.05) is 0 Å². The van der Waals surface area contributed by atoms with Crippen molar-refractivity contribution < 1.29 is 39.6 Å². The topological polar surface area (TPSA) is 126 Å². The molecule has 2 amide bonds. The van der Waals surface area contributed by atoms with Crippen LogP contribution in [0, 0.1) is 0 Å². The third-order valence-corrected chi connectivity index (χ3v) is 3.39. The van der Waals surface area contributed by atoms with Crippen LogP contribution in [-0.2, 0) is 10.0 Å². The number of halogens is 6. The standard InChI is InChI=1S/C5H3F6N5O3S/c6-3(7,8)1-13-5(16-14-1,4(9,10)11)20(18,19)15-2(12)17/h(H3,12,15,17). The summed E-state index contributed by atoms with van der Waals surface area (Å²) in [5, 5.41) is 4.09. The number of carbonyl (C=O) groups excluding carboxylic acids is 1. The minimum Gasteiger partial charge on any atom is -0.351 e. The fourth-order valence-corrected chi connectivity index (χ4v) is 2.08. The van der Waals surface area contributed by atoms with Gasteiger partial charge in [-0.2, -0.15) is 26.3 Å². The molecule has 0 fully saturated rings. The lowest BCUT2D eigenvalue weighted by Gasteiger charge is -2.23. The van der Waals surface area contributed by atoms with Crippen LogP contribution in [0.25, 0.3) is 0 Å². The van der Waals surface area contributed by atoms with Crippen molar-refractivity contribution in [2.24, 2.45) is 21.0 Å². The summed E-state index contributed by atoms with van der Waals surface area (Å²) in [5.41, 5.74) is 4.33. The van der Waals surface area contributed by atoms with Gasteiger partial charge in [-0.25, -0.2) is 22.9 Å². The second kappa shape index (κ2) is 4.29. The van der Waals surface area contributed by atoms with E-state index in [-0.39, 0.29) is 0 Å². The first-order valence-electron chi connectivity index (χ1n) is 4.21. The van der Waals surface area contributed by atoms with Gasteiger partial charge in [0.1, 0.15) is 0 Å². The molecule has 1 aliphatic heterocycles. The third kappa shape index (κ3) is 2.52. The predicted octanol–water partition coefficient (Wildman–Crippen LogP) is 0.627. The van der Waals surface area contributed by atoms with Crippen LogP contribution in [0.2, 0.25) is 0 Å². The molecule has 1 heterocycles. The number of sulfonamides is 1. The first-order chi connectivity index (χ1) is 8.73. The fourth-order valence-electron chi connectivity index (χ4n) is 1.01. The monoisotopic (exact) mass is 327 g/mol. The Kier molecular flexibility index (Phi) is 3.46. The van der Waals surface area contributed by atoms with Crippen LogP contribution in [-0.4, -0.2) is 37.6 Å². The van der Waals surface area contributed by atoms with E-state index in [2.05, 4.69) is 10.8 Å². The van der Waals surface area contributed by atoms with E-state index in [0.29, 0.717) is 4.72 Å². The van der Waals surface area contributed by atoms with Gasteiger partial charge in [0.05, 0.1) is 0 Å². The first kappa shape index (κ1) is 16.1. The quantitative estimate of drug-likeness (QED) is 0.722. The van der Waals surface area contributed by atoms with E-state index < -0.39 is 39.2 Å². The largest absolute Gasteiger partial charge is 0.453 e. The highest BCUT2D eigenvalue weighted by molar-refractivity contribution is 7.91. The lowest BCUT2D eigenvalue weighted by Crippen LogP contribution is -2.55. The fraction of sp³-hybridized carbons (Fsp3) is 0.600. The van der Waals surface area contributed by atoms with Crippen molar-refractivity contribution >= 4 is 21.9 Å². The molecule has 0 saturated carbocycles. The number of nitrogens with zero attached hydrogens (tertiary/aromatic N) is 3. The average Bonchev–Trinajstić information content (AvgIpc) is 2.58. The molecule has 0 spiro atoms. The third-order valence-electron chi connectivity index (χ3n) is 1.77. The zero-order valence-electron chi connectivity index (χ0n) is 8.82. The number of primary amides is 1. The van der Waals surface area contributed by atoms with E-state index in [4.69, 9.17) is 0 Å². The molecule has 15 heteroatoms. The molecule has 0 aromatic rings. The number of nitrogens with one attached hydrogen (secondary N) is 1. The zero-order chi connectivity index (χ0) is 16.0. The highest BCUT2D eigenvalue weighted by Crippen LogP contribution is 2.43. The van der Waals surface area contributed by atoms with Crippen LogP contribution in [0.4, 0.5) is 31.1 Å². The van der Waals surface area contributed by atoms with Gasteiger partial charge in [-0.3, -0.25) is 0 Å². The molecule has 0 aromatic carbocycles. The Morgan fingerprint density at radius 1 is 1.20 bits per heavy atom. The Bertz CT molecular complexity index is 591. The summed E-state index contributed by atoms with van der Waals surface area (Å²) in [4.78, 5) is 7.68. The van der Waals surface area contributed by atoms with Crippen molar-refractivity contribution in [3.63, 3.8) is 0 Å². The minimum absolute atomic E-state index is 0.643. The van der Waals surface area contributed by atoms with Gasteiger partial charge in [0.15, 0.2) is 0 Å². The van der Waals surface area contributed by atoms with E-state index >= 15 is 0 Å². The second-order valence-electron chi connectivity index (χ2n) is 3.21. The van der Waals surface area contributed by atoms with Crippen molar-refractivity contribution in [3.05, 3.63) is 0 Å². The Morgan fingerprint density at radius 2 is 1.70 bits per heavy atom. The molecule has 114 valence electrons. The number of alkyl halides is 6. The minimum atomic E-state index is -5.91. The van der Waals surface area contributed by atoms with Gasteiger partial charge < -0.3 is 5.73 Å². The first-order valence-corrected chi connectivity index (χ1v) is 5.70. The molecule has 0 aromatic heterocycles. The molecule has 3 N–H and O–H groups in total. The summed E-state index contributed by atoms with van der Waals surface area (Å²) in [6, 6.07) is -1.96. The molecule has 1 aliphatic rings. The number of azo groups is 1. The summed E-state index contributed by atoms with van der Waals surface area (Å²) >= 11 is 0. The van der Waals surface area contributed by atoms with E-state index in [1.165, 1.54) is 0 Å². The Hall–Kier alpha value is -1.93. The lowest BCUT2D eigenvalue weighted by atomic mass is 10.5. The molecule has 0 aliphatic carbocycles. The van der Waals surface area contributed by atoms with Gasteiger partial charge in [-0.1, -0.05) is 0 Å². The van der Waals surface area contributed by atoms with E-state index in [1.54, 1.807) is 0 Å². The number of aliphatic imine (C=N–C) groups is 1. The van der Waals surface area contributed by atoms with Crippen LogP contribution in [0.5, 0.6) is 0 Å². The second-order valence-corrected chi connectivity index (χ2v) is 4.99. The molecular formula is C5H3F6N5O3S. The summed E-state index contributed by atoms with van der Waals surface area (Å²) in [6.45, 7) is 0. The maximum atomic E-state index is 12.7. The molecule has 1 rings (SSSR count). The number of hydrogen-bond donors (Lipinski definition) is 2. The molecular weight excluding hydrogens is 324 g/mol. The molecule has 0 radical (unpaired) electrons. The van der Waals surface area contributed by atoms with Gasteiger partial charge in [0.2, 0.25) is 0 Å². The number of urea groups is 1. The summed E-state index contributed by atoms with van der Waals surface area (Å²) < 4.78 is 98.0. The van der Waals surface area contributed by atoms with E-state index in [1.807, 2.05) is 10.1 Å². The van der Waals surface area contributed by atoms with Gasteiger partial charge in [0.25, 0.3) is 15.9 Å². The highest BCUT2D eigenvalue weighted by atomic mass is 32.2. The molecule has 20 heavy (non-hydrogen) atoms.